The molecule has 2 rings (SSSR count). The Bertz CT molecular complexity index is 255. The third kappa shape index (κ3) is 3.36. The Morgan fingerprint density at radius 3 is 2.47 bits per heavy atom. The monoisotopic (exact) mass is 249 g/mol. The average molecular weight is 249 g/mol. The van der Waals surface area contributed by atoms with E-state index in [2.05, 4.69) is 5.32 Å². The molecule has 1 aliphatic heterocycles. The molecule has 1 atom stereocenters. The Hall–Kier alpha value is -0.260. The molecule has 1 heterocycles. The van der Waals surface area contributed by atoms with Crippen LogP contribution in [-0.4, -0.2) is 42.9 Å². The van der Waals surface area contributed by atoms with Gasteiger partial charge in [0.05, 0.1) is 6.61 Å². The van der Waals surface area contributed by atoms with Crippen molar-refractivity contribution in [1.82, 2.24) is 5.32 Å². The van der Waals surface area contributed by atoms with Gasteiger partial charge < -0.3 is 15.2 Å². The second-order valence-electron chi connectivity index (χ2n) is 5.40. The fourth-order valence-corrected chi connectivity index (χ4v) is 2.73. The Labute approximate surface area is 101 Å². The molecule has 1 saturated heterocycles. The SMILES string of the molecule is OCC1(NCC2CCC(F)(F)C2)CCOCC1. The van der Waals surface area contributed by atoms with Crippen LogP contribution in [0.1, 0.15) is 32.1 Å². The van der Waals surface area contributed by atoms with E-state index in [0.717, 1.165) is 12.8 Å². The number of aliphatic hydroxyl groups excluding tert-OH is 1. The summed E-state index contributed by atoms with van der Waals surface area (Å²) in [4.78, 5) is 0. The highest BCUT2D eigenvalue weighted by atomic mass is 19.3. The highest BCUT2D eigenvalue weighted by Gasteiger charge is 2.40. The predicted molar refractivity (Wildman–Crippen MR) is 60.2 cm³/mol. The summed E-state index contributed by atoms with van der Waals surface area (Å²) in [6, 6.07) is 0. The molecule has 1 unspecified atom stereocenters. The minimum atomic E-state index is -2.48. The Kier molecular flexibility index (Phi) is 4.00. The van der Waals surface area contributed by atoms with E-state index in [1.165, 1.54) is 0 Å². The van der Waals surface area contributed by atoms with E-state index < -0.39 is 5.92 Å². The number of ether oxygens (including phenoxy) is 1. The average Bonchev–Trinajstić information content (AvgIpc) is 2.68. The summed E-state index contributed by atoms with van der Waals surface area (Å²) in [7, 11) is 0. The zero-order valence-electron chi connectivity index (χ0n) is 10.1. The van der Waals surface area contributed by atoms with Gasteiger partial charge in [-0.05, 0) is 31.7 Å². The van der Waals surface area contributed by atoms with Gasteiger partial charge in [0.25, 0.3) is 0 Å². The van der Waals surface area contributed by atoms with E-state index in [-0.39, 0.29) is 30.9 Å². The molecule has 0 bridgehead atoms. The highest BCUT2D eigenvalue weighted by molar-refractivity contribution is 4.92. The third-order valence-electron chi connectivity index (χ3n) is 4.02. The molecule has 0 radical (unpaired) electrons. The largest absolute Gasteiger partial charge is 0.394 e. The lowest BCUT2D eigenvalue weighted by molar-refractivity contribution is -0.000560. The maximum Gasteiger partial charge on any atom is 0.248 e. The van der Waals surface area contributed by atoms with E-state index in [0.29, 0.717) is 26.2 Å². The van der Waals surface area contributed by atoms with Gasteiger partial charge in [0.2, 0.25) is 5.92 Å². The first-order valence-corrected chi connectivity index (χ1v) is 6.37. The van der Waals surface area contributed by atoms with Crippen molar-refractivity contribution in [3.8, 4) is 0 Å². The van der Waals surface area contributed by atoms with Crippen LogP contribution < -0.4 is 5.32 Å². The minimum absolute atomic E-state index is 0.00851. The topological polar surface area (TPSA) is 41.5 Å². The van der Waals surface area contributed by atoms with Crippen LogP contribution in [0.25, 0.3) is 0 Å². The first-order chi connectivity index (χ1) is 8.05. The summed E-state index contributed by atoms with van der Waals surface area (Å²) in [6.45, 7) is 1.90. The Balaban J connectivity index is 1.80. The van der Waals surface area contributed by atoms with E-state index in [4.69, 9.17) is 4.74 Å². The van der Waals surface area contributed by atoms with Gasteiger partial charge in [0.15, 0.2) is 0 Å². The van der Waals surface area contributed by atoms with Crippen molar-refractivity contribution in [2.45, 2.75) is 43.6 Å². The molecule has 5 heteroatoms. The summed E-state index contributed by atoms with van der Waals surface area (Å²) < 4.78 is 31.3. The van der Waals surface area contributed by atoms with Gasteiger partial charge in [0.1, 0.15) is 0 Å². The Morgan fingerprint density at radius 1 is 1.24 bits per heavy atom. The molecule has 2 N–H and O–H groups in total. The van der Waals surface area contributed by atoms with Crippen molar-refractivity contribution in [2.75, 3.05) is 26.4 Å². The van der Waals surface area contributed by atoms with Gasteiger partial charge in [0, 0.05) is 31.6 Å². The lowest BCUT2D eigenvalue weighted by Gasteiger charge is -2.37. The first-order valence-electron chi connectivity index (χ1n) is 6.37. The van der Waals surface area contributed by atoms with E-state index in [1.54, 1.807) is 0 Å². The molecule has 0 amide bonds. The zero-order chi connectivity index (χ0) is 12.4. The molecule has 1 saturated carbocycles. The molecule has 2 aliphatic rings. The molecule has 0 aromatic rings. The number of alkyl halides is 2. The molecular formula is C12H21F2NO2. The predicted octanol–water partition coefficient (Wildman–Crippen LogP) is 1.55. The van der Waals surface area contributed by atoms with E-state index >= 15 is 0 Å². The normalized spacial score (nSPS) is 31.6. The molecule has 0 aromatic carbocycles. The smallest absolute Gasteiger partial charge is 0.248 e. The number of halogens is 2. The molecule has 0 aromatic heterocycles. The Morgan fingerprint density at radius 2 is 1.94 bits per heavy atom. The lowest BCUT2D eigenvalue weighted by atomic mass is 9.90. The van der Waals surface area contributed by atoms with Crippen LogP contribution in [0.3, 0.4) is 0 Å². The van der Waals surface area contributed by atoms with Gasteiger partial charge in [-0.3, -0.25) is 0 Å². The molecule has 0 spiro atoms. The van der Waals surface area contributed by atoms with Gasteiger partial charge in [-0.1, -0.05) is 0 Å². The number of hydrogen-bond donors (Lipinski definition) is 2. The second kappa shape index (κ2) is 5.16. The number of rotatable bonds is 4. The third-order valence-corrected chi connectivity index (χ3v) is 4.02. The summed E-state index contributed by atoms with van der Waals surface area (Å²) >= 11 is 0. The summed E-state index contributed by atoms with van der Waals surface area (Å²) in [5.41, 5.74) is -0.309. The van der Waals surface area contributed by atoms with Crippen molar-refractivity contribution >= 4 is 0 Å². The quantitative estimate of drug-likeness (QED) is 0.794. The zero-order valence-corrected chi connectivity index (χ0v) is 10.1. The standard InChI is InChI=1S/C12H21F2NO2/c13-12(14)2-1-10(7-12)8-15-11(9-16)3-5-17-6-4-11/h10,15-16H,1-9H2. The summed E-state index contributed by atoms with van der Waals surface area (Å²) in [6.07, 6.45) is 2.09. The van der Waals surface area contributed by atoms with Gasteiger partial charge in [-0.2, -0.15) is 0 Å². The van der Waals surface area contributed by atoms with Crippen LogP contribution >= 0.6 is 0 Å². The van der Waals surface area contributed by atoms with Crippen molar-refractivity contribution in [2.24, 2.45) is 5.92 Å². The van der Waals surface area contributed by atoms with Crippen molar-refractivity contribution in [1.29, 1.82) is 0 Å². The highest BCUT2D eigenvalue weighted by Crippen LogP contribution is 2.38. The number of hydrogen-bond acceptors (Lipinski definition) is 3. The van der Waals surface area contributed by atoms with Crippen LogP contribution in [0.2, 0.25) is 0 Å². The molecule has 100 valence electrons. The van der Waals surface area contributed by atoms with Crippen LogP contribution in [0, 0.1) is 5.92 Å². The summed E-state index contributed by atoms with van der Waals surface area (Å²) in [5.74, 6) is -2.44. The van der Waals surface area contributed by atoms with Crippen LogP contribution in [0.4, 0.5) is 8.78 Å². The molecule has 2 fully saturated rings. The lowest BCUT2D eigenvalue weighted by Crippen LogP contribution is -2.53. The maximum absolute atomic E-state index is 13.0. The van der Waals surface area contributed by atoms with Crippen molar-refractivity contribution in [3.63, 3.8) is 0 Å². The minimum Gasteiger partial charge on any atom is -0.394 e. The van der Waals surface area contributed by atoms with Crippen molar-refractivity contribution in [3.05, 3.63) is 0 Å². The molecule has 17 heavy (non-hydrogen) atoms. The summed E-state index contributed by atoms with van der Waals surface area (Å²) in [5, 5.41) is 12.8. The molecular weight excluding hydrogens is 228 g/mol. The van der Waals surface area contributed by atoms with Crippen LogP contribution in [0.15, 0.2) is 0 Å². The van der Waals surface area contributed by atoms with Crippen LogP contribution in [-0.2, 0) is 4.74 Å². The van der Waals surface area contributed by atoms with Gasteiger partial charge in [-0.15, -0.1) is 0 Å². The molecule has 3 nitrogen and oxygen atoms in total. The number of nitrogens with one attached hydrogen (secondary N) is 1. The van der Waals surface area contributed by atoms with E-state index in [9.17, 15) is 13.9 Å². The van der Waals surface area contributed by atoms with Crippen LogP contribution in [0.5, 0.6) is 0 Å². The van der Waals surface area contributed by atoms with E-state index in [1.807, 2.05) is 0 Å². The molecule has 1 aliphatic carbocycles. The second-order valence-corrected chi connectivity index (χ2v) is 5.40. The van der Waals surface area contributed by atoms with Gasteiger partial charge in [-0.25, -0.2) is 8.78 Å². The maximum atomic E-state index is 13.0. The van der Waals surface area contributed by atoms with Gasteiger partial charge >= 0.3 is 0 Å². The first kappa shape index (κ1) is 13.2. The van der Waals surface area contributed by atoms with Crippen molar-refractivity contribution < 1.29 is 18.6 Å². The fraction of sp³-hybridized carbons (Fsp3) is 1.00. The fourth-order valence-electron chi connectivity index (χ4n) is 2.73. The number of aliphatic hydroxyl groups is 1.